The highest BCUT2D eigenvalue weighted by atomic mass is 16.1. The third-order valence-electron chi connectivity index (χ3n) is 2.07. The Bertz CT molecular complexity index is 298. The highest BCUT2D eigenvalue weighted by Crippen LogP contribution is 1.97. The molecule has 0 aromatic carbocycles. The zero-order chi connectivity index (χ0) is 11.1. The molecule has 4 heteroatoms. The van der Waals surface area contributed by atoms with E-state index in [0.29, 0.717) is 13.0 Å². The van der Waals surface area contributed by atoms with Gasteiger partial charge in [0.05, 0.1) is 0 Å². The van der Waals surface area contributed by atoms with Crippen LogP contribution in [0.25, 0.3) is 0 Å². The number of nitrogens with one attached hydrogen (secondary N) is 1. The summed E-state index contributed by atoms with van der Waals surface area (Å²) in [6.07, 6.45) is 4.64. The molecule has 0 fully saturated rings. The fourth-order valence-electron chi connectivity index (χ4n) is 1.15. The quantitative estimate of drug-likeness (QED) is 0.751. The van der Waals surface area contributed by atoms with Crippen molar-refractivity contribution < 1.29 is 4.79 Å². The summed E-state index contributed by atoms with van der Waals surface area (Å²) in [4.78, 5) is 15.2. The molecule has 1 heterocycles. The Morgan fingerprint density at radius 3 is 2.80 bits per heavy atom. The Kier molecular flexibility index (Phi) is 4.77. The number of carbonyl (C=O) groups is 1. The van der Waals surface area contributed by atoms with Crippen LogP contribution in [-0.2, 0) is 11.3 Å². The van der Waals surface area contributed by atoms with Crippen molar-refractivity contribution >= 4 is 5.91 Å². The first-order valence-corrected chi connectivity index (χ1v) is 5.09. The maximum absolute atomic E-state index is 11.3. The van der Waals surface area contributed by atoms with Crippen LogP contribution in [0.4, 0.5) is 0 Å². The van der Waals surface area contributed by atoms with Gasteiger partial charge in [-0.25, -0.2) is 0 Å². The van der Waals surface area contributed by atoms with Crippen molar-refractivity contribution in [1.29, 1.82) is 0 Å². The topological polar surface area (TPSA) is 68.0 Å². The average Bonchev–Trinajstić information content (AvgIpc) is 2.25. The predicted octanol–water partition coefficient (Wildman–Crippen LogP) is 0.825. The summed E-state index contributed by atoms with van der Waals surface area (Å²) in [6, 6.07) is 3.84. The van der Waals surface area contributed by atoms with Crippen LogP contribution in [0.1, 0.15) is 25.3 Å². The zero-order valence-electron chi connectivity index (χ0n) is 8.94. The summed E-state index contributed by atoms with van der Waals surface area (Å²) < 4.78 is 0. The molecule has 0 aliphatic heterocycles. The van der Waals surface area contributed by atoms with Gasteiger partial charge in [-0.2, -0.15) is 0 Å². The summed E-state index contributed by atoms with van der Waals surface area (Å²) in [5.41, 5.74) is 6.61. The lowest BCUT2D eigenvalue weighted by Gasteiger charge is -2.06. The van der Waals surface area contributed by atoms with Crippen LogP contribution in [0.15, 0.2) is 24.5 Å². The maximum atomic E-state index is 11.3. The SMILES string of the molecule is CC(N)CCC(=O)NCc1ccncc1. The lowest BCUT2D eigenvalue weighted by molar-refractivity contribution is -0.121. The third-order valence-corrected chi connectivity index (χ3v) is 2.07. The minimum atomic E-state index is 0.0455. The van der Waals surface area contributed by atoms with Gasteiger partial charge in [0, 0.05) is 31.4 Å². The second-order valence-electron chi connectivity index (χ2n) is 3.65. The zero-order valence-corrected chi connectivity index (χ0v) is 8.94. The molecule has 1 aromatic heterocycles. The predicted molar refractivity (Wildman–Crippen MR) is 59.0 cm³/mol. The Hall–Kier alpha value is -1.42. The standard InChI is InChI=1S/C11H17N3O/c1-9(12)2-3-11(15)14-8-10-4-6-13-7-5-10/h4-7,9H,2-3,8,12H2,1H3,(H,14,15). The van der Waals surface area contributed by atoms with Crippen molar-refractivity contribution in [2.45, 2.75) is 32.4 Å². The largest absolute Gasteiger partial charge is 0.352 e. The van der Waals surface area contributed by atoms with E-state index in [9.17, 15) is 4.79 Å². The molecular formula is C11H17N3O. The van der Waals surface area contributed by atoms with Gasteiger partial charge in [-0.05, 0) is 31.0 Å². The Morgan fingerprint density at radius 2 is 2.20 bits per heavy atom. The van der Waals surface area contributed by atoms with E-state index >= 15 is 0 Å². The van der Waals surface area contributed by atoms with E-state index in [1.54, 1.807) is 12.4 Å². The molecule has 15 heavy (non-hydrogen) atoms. The number of hydrogen-bond donors (Lipinski definition) is 2. The van der Waals surface area contributed by atoms with Crippen molar-refractivity contribution in [3.63, 3.8) is 0 Å². The molecular weight excluding hydrogens is 190 g/mol. The Balaban J connectivity index is 2.23. The van der Waals surface area contributed by atoms with Gasteiger partial charge in [0.1, 0.15) is 0 Å². The summed E-state index contributed by atoms with van der Waals surface area (Å²) in [6.45, 7) is 2.45. The van der Waals surface area contributed by atoms with Gasteiger partial charge in [-0.3, -0.25) is 9.78 Å². The molecule has 0 aliphatic rings. The van der Waals surface area contributed by atoms with E-state index in [1.165, 1.54) is 0 Å². The van der Waals surface area contributed by atoms with Gasteiger partial charge in [-0.1, -0.05) is 0 Å². The number of nitrogens with two attached hydrogens (primary N) is 1. The van der Waals surface area contributed by atoms with Crippen molar-refractivity contribution in [3.8, 4) is 0 Å². The number of carbonyl (C=O) groups excluding carboxylic acids is 1. The van der Waals surface area contributed by atoms with E-state index in [2.05, 4.69) is 10.3 Å². The molecule has 3 N–H and O–H groups in total. The fourth-order valence-corrected chi connectivity index (χ4v) is 1.15. The molecule has 1 aromatic rings. The van der Waals surface area contributed by atoms with Crippen LogP contribution in [0.5, 0.6) is 0 Å². The molecule has 1 rings (SSSR count). The lowest BCUT2D eigenvalue weighted by Crippen LogP contribution is -2.25. The monoisotopic (exact) mass is 207 g/mol. The van der Waals surface area contributed by atoms with E-state index in [1.807, 2.05) is 19.1 Å². The normalized spacial score (nSPS) is 12.1. The molecule has 0 saturated heterocycles. The van der Waals surface area contributed by atoms with Crippen molar-refractivity contribution in [2.75, 3.05) is 0 Å². The van der Waals surface area contributed by atoms with Crippen molar-refractivity contribution in [3.05, 3.63) is 30.1 Å². The van der Waals surface area contributed by atoms with Crippen LogP contribution in [-0.4, -0.2) is 16.9 Å². The molecule has 1 amide bonds. The first kappa shape index (κ1) is 11.7. The summed E-state index contributed by atoms with van der Waals surface area (Å²) in [5.74, 6) is 0.0455. The van der Waals surface area contributed by atoms with Crippen LogP contribution in [0.2, 0.25) is 0 Å². The smallest absolute Gasteiger partial charge is 0.220 e. The van der Waals surface area contributed by atoms with Crippen LogP contribution >= 0.6 is 0 Å². The molecule has 1 unspecified atom stereocenters. The molecule has 0 radical (unpaired) electrons. The summed E-state index contributed by atoms with van der Waals surface area (Å²) in [5, 5.41) is 2.83. The molecule has 82 valence electrons. The minimum absolute atomic E-state index is 0.0455. The van der Waals surface area contributed by atoms with Crippen LogP contribution in [0.3, 0.4) is 0 Å². The molecule has 0 saturated carbocycles. The maximum Gasteiger partial charge on any atom is 0.220 e. The Morgan fingerprint density at radius 1 is 1.53 bits per heavy atom. The summed E-state index contributed by atoms with van der Waals surface area (Å²) >= 11 is 0. The van der Waals surface area contributed by atoms with Gasteiger partial charge in [-0.15, -0.1) is 0 Å². The van der Waals surface area contributed by atoms with Crippen LogP contribution < -0.4 is 11.1 Å². The van der Waals surface area contributed by atoms with Gasteiger partial charge in [0.15, 0.2) is 0 Å². The number of hydrogen-bond acceptors (Lipinski definition) is 3. The lowest BCUT2D eigenvalue weighted by atomic mass is 10.2. The van der Waals surface area contributed by atoms with Gasteiger partial charge >= 0.3 is 0 Å². The average molecular weight is 207 g/mol. The van der Waals surface area contributed by atoms with Crippen molar-refractivity contribution in [1.82, 2.24) is 10.3 Å². The molecule has 0 spiro atoms. The van der Waals surface area contributed by atoms with Crippen molar-refractivity contribution in [2.24, 2.45) is 5.73 Å². The first-order chi connectivity index (χ1) is 7.18. The highest BCUT2D eigenvalue weighted by molar-refractivity contribution is 5.75. The second kappa shape index (κ2) is 6.14. The first-order valence-electron chi connectivity index (χ1n) is 5.09. The molecule has 4 nitrogen and oxygen atoms in total. The number of pyridine rings is 1. The number of amides is 1. The molecule has 0 bridgehead atoms. The number of nitrogens with zero attached hydrogens (tertiary/aromatic N) is 1. The number of aromatic nitrogens is 1. The Labute approximate surface area is 89.9 Å². The molecule has 1 atom stereocenters. The number of rotatable bonds is 5. The fraction of sp³-hybridized carbons (Fsp3) is 0.455. The van der Waals surface area contributed by atoms with Gasteiger partial charge < -0.3 is 11.1 Å². The van der Waals surface area contributed by atoms with E-state index in [-0.39, 0.29) is 11.9 Å². The summed E-state index contributed by atoms with van der Waals surface area (Å²) in [7, 11) is 0. The van der Waals surface area contributed by atoms with E-state index in [4.69, 9.17) is 5.73 Å². The minimum Gasteiger partial charge on any atom is -0.352 e. The van der Waals surface area contributed by atoms with E-state index in [0.717, 1.165) is 12.0 Å². The molecule has 0 aliphatic carbocycles. The third kappa shape index (κ3) is 5.12. The van der Waals surface area contributed by atoms with Crippen LogP contribution in [0, 0.1) is 0 Å². The second-order valence-corrected chi connectivity index (χ2v) is 3.65. The van der Waals surface area contributed by atoms with Gasteiger partial charge in [0.2, 0.25) is 5.91 Å². The highest BCUT2D eigenvalue weighted by Gasteiger charge is 2.02. The van der Waals surface area contributed by atoms with E-state index < -0.39 is 0 Å². The van der Waals surface area contributed by atoms with Gasteiger partial charge in [0.25, 0.3) is 0 Å².